The van der Waals surface area contributed by atoms with E-state index in [1.807, 2.05) is 0 Å². The average molecular weight is 268 g/mol. The minimum absolute atomic E-state index is 0.000932. The molecule has 1 fully saturated rings. The van der Waals surface area contributed by atoms with E-state index in [-0.39, 0.29) is 11.6 Å². The van der Waals surface area contributed by atoms with Crippen LogP contribution in [0.3, 0.4) is 0 Å². The summed E-state index contributed by atoms with van der Waals surface area (Å²) in [4.78, 5) is 8.39. The van der Waals surface area contributed by atoms with Crippen molar-refractivity contribution < 1.29 is 9.50 Å². The molecule has 0 spiro atoms. The van der Waals surface area contributed by atoms with Gasteiger partial charge in [0.05, 0.1) is 6.20 Å². The van der Waals surface area contributed by atoms with E-state index in [9.17, 15) is 9.50 Å². The maximum Gasteiger partial charge on any atom is 0.168 e. The van der Waals surface area contributed by atoms with Gasteiger partial charge in [-0.2, -0.15) is 0 Å². The van der Waals surface area contributed by atoms with Crippen molar-refractivity contribution in [3.05, 3.63) is 53.4 Å². The summed E-state index contributed by atoms with van der Waals surface area (Å²) in [7, 11) is 0. The first-order chi connectivity index (χ1) is 9.72. The number of benzene rings is 1. The highest BCUT2D eigenvalue weighted by molar-refractivity contribution is 5.39. The zero-order chi connectivity index (χ0) is 13.9. The molecular formula is C16H13FN2O. The van der Waals surface area contributed by atoms with Crippen molar-refractivity contribution in [2.75, 3.05) is 0 Å². The quantitative estimate of drug-likeness (QED) is 0.852. The number of hydrogen-bond donors (Lipinski definition) is 1. The number of aromatic hydroxyl groups is 1. The van der Waals surface area contributed by atoms with Crippen molar-refractivity contribution in [1.29, 1.82) is 0 Å². The van der Waals surface area contributed by atoms with Crippen LogP contribution in [0.1, 0.15) is 35.8 Å². The highest BCUT2D eigenvalue weighted by Gasteiger charge is 2.26. The Labute approximate surface area is 116 Å². The molecule has 3 nitrogen and oxygen atoms in total. The molecule has 1 saturated carbocycles. The fraction of sp³-hybridized carbons (Fsp3) is 0.250. The van der Waals surface area contributed by atoms with Crippen molar-refractivity contribution in [2.45, 2.75) is 25.2 Å². The van der Waals surface area contributed by atoms with E-state index < -0.39 is 0 Å². The molecule has 1 heterocycles. The third-order valence-electron chi connectivity index (χ3n) is 3.14. The van der Waals surface area contributed by atoms with Crippen molar-refractivity contribution in [3.63, 3.8) is 0 Å². The van der Waals surface area contributed by atoms with Gasteiger partial charge in [0.2, 0.25) is 0 Å². The van der Waals surface area contributed by atoms with Gasteiger partial charge in [0.25, 0.3) is 0 Å². The van der Waals surface area contributed by atoms with Crippen molar-refractivity contribution >= 4 is 0 Å². The van der Waals surface area contributed by atoms with Crippen LogP contribution in [0.5, 0.6) is 5.75 Å². The summed E-state index contributed by atoms with van der Waals surface area (Å²) >= 11 is 0. The Morgan fingerprint density at radius 2 is 2.00 bits per heavy atom. The first-order valence-corrected chi connectivity index (χ1v) is 6.51. The van der Waals surface area contributed by atoms with Crippen molar-refractivity contribution in [3.8, 4) is 17.6 Å². The summed E-state index contributed by atoms with van der Waals surface area (Å²) < 4.78 is 12.8. The molecule has 100 valence electrons. The number of halogens is 1. The van der Waals surface area contributed by atoms with Crippen LogP contribution in [-0.4, -0.2) is 15.1 Å². The molecule has 0 amide bonds. The van der Waals surface area contributed by atoms with Crippen LogP contribution in [-0.2, 0) is 6.42 Å². The van der Waals surface area contributed by atoms with Crippen LogP contribution in [0.2, 0.25) is 0 Å². The molecule has 1 N–H and O–H groups in total. The number of aromatic nitrogens is 2. The van der Waals surface area contributed by atoms with E-state index in [1.54, 1.807) is 12.1 Å². The third-order valence-corrected chi connectivity index (χ3v) is 3.14. The molecule has 1 aromatic carbocycles. The largest absolute Gasteiger partial charge is 0.504 e. The lowest BCUT2D eigenvalue weighted by Gasteiger charge is -1.99. The number of hydrogen-bond acceptors (Lipinski definition) is 3. The van der Waals surface area contributed by atoms with Gasteiger partial charge in [0, 0.05) is 12.3 Å². The molecule has 0 atom stereocenters. The second-order valence-electron chi connectivity index (χ2n) is 4.84. The van der Waals surface area contributed by atoms with Gasteiger partial charge in [-0.1, -0.05) is 18.1 Å². The van der Waals surface area contributed by atoms with Gasteiger partial charge < -0.3 is 5.11 Å². The van der Waals surface area contributed by atoms with Gasteiger partial charge in [0.1, 0.15) is 11.6 Å². The number of rotatable bonds is 2. The summed E-state index contributed by atoms with van der Waals surface area (Å²) in [6.07, 6.45) is 4.10. The van der Waals surface area contributed by atoms with Crippen LogP contribution in [0, 0.1) is 17.7 Å². The van der Waals surface area contributed by atoms with Crippen LogP contribution < -0.4 is 0 Å². The Balaban J connectivity index is 1.75. The molecule has 1 aromatic heterocycles. The molecule has 0 unspecified atom stereocenters. The molecule has 2 aromatic rings. The smallest absolute Gasteiger partial charge is 0.168 e. The Kier molecular flexibility index (Phi) is 3.34. The van der Waals surface area contributed by atoms with Crippen LogP contribution in [0.4, 0.5) is 4.39 Å². The Bertz CT molecular complexity index is 682. The molecule has 1 aliphatic carbocycles. The highest BCUT2D eigenvalue weighted by Crippen LogP contribution is 2.38. The van der Waals surface area contributed by atoms with E-state index >= 15 is 0 Å². The van der Waals surface area contributed by atoms with Crippen molar-refractivity contribution in [1.82, 2.24) is 9.97 Å². The van der Waals surface area contributed by atoms with Gasteiger partial charge in [-0.15, -0.1) is 0 Å². The molecule has 0 aliphatic heterocycles. The molecule has 1 aliphatic rings. The summed E-state index contributed by atoms with van der Waals surface area (Å²) in [6, 6.07) is 6.20. The lowest BCUT2D eigenvalue weighted by Crippen LogP contribution is -1.95. The summed E-state index contributed by atoms with van der Waals surface area (Å²) in [5, 5.41) is 9.69. The normalized spacial score (nSPS) is 13.7. The second-order valence-corrected chi connectivity index (χ2v) is 4.84. The molecule has 0 saturated heterocycles. The van der Waals surface area contributed by atoms with E-state index in [4.69, 9.17) is 0 Å². The zero-order valence-corrected chi connectivity index (χ0v) is 10.8. The third kappa shape index (κ3) is 2.94. The first-order valence-electron chi connectivity index (χ1n) is 6.51. The minimum Gasteiger partial charge on any atom is -0.504 e. The lowest BCUT2D eigenvalue weighted by atomic mass is 10.1. The molecule has 3 rings (SSSR count). The Hall–Kier alpha value is -2.41. The summed E-state index contributed by atoms with van der Waals surface area (Å²) in [5.74, 6) is 6.72. The predicted octanol–water partition coefficient (Wildman–Crippen LogP) is 2.79. The zero-order valence-electron chi connectivity index (χ0n) is 10.8. The van der Waals surface area contributed by atoms with E-state index in [0.717, 1.165) is 24.2 Å². The monoisotopic (exact) mass is 268 g/mol. The van der Waals surface area contributed by atoms with Crippen LogP contribution in [0.15, 0.2) is 30.5 Å². The van der Waals surface area contributed by atoms with E-state index in [2.05, 4.69) is 21.8 Å². The van der Waals surface area contributed by atoms with E-state index in [0.29, 0.717) is 18.0 Å². The molecule has 4 heteroatoms. The average Bonchev–Trinajstić information content (AvgIpc) is 3.28. The second kappa shape index (κ2) is 5.30. The molecule has 0 radical (unpaired) electrons. The number of nitrogens with zero attached hydrogens (tertiary/aromatic N) is 2. The van der Waals surface area contributed by atoms with Gasteiger partial charge in [-0.25, -0.2) is 14.4 Å². The first kappa shape index (κ1) is 12.6. The van der Waals surface area contributed by atoms with Gasteiger partial charge in [-0.3, -0.25) is 0 Å². The summed E-state index contributed by atoms with van der Waals surface area (Å²) in [6.45, 7) is 0. The van der Waals surface area contributed by atoms with Crippen LogP contribution in [0.25, 0.3) is 0 Å². The fourth-order valence-electron chi connectivity index (χ4n) is 1.85. The molecule has 20 heavy (non-hydrogen) atoms. The van der Waals surface area contributed by atoms with E-state index in [1.165, 1.54) is 18.3 Å². The Morgan fingerprint density at radius 1 is 1.25 bits per heavy atom. The topological polar surface area (TPSA) is 46.0 Å². The fourth-order valence-corrected chi connectivity index (χ4v) is 1.85. The lowest BCUT2D eigenvalue weighted by molar-refractivity contribution is 0.466. The Morgan fingerprint density at radius 3 is 2.70 bits per heavy atom. The van der Waals surface area contributed by atoms with Crippen molar-refractivity contribution in [2.24, 2.45) is 0 Å². The van der Waals surface area contributed by atoms with Gasteiger partial charge >= 0.3 is 0 Å². The standard InChI is InChI=1S/C16H13FN2O/c17-13-8-4-11(5-9-13)2-1-3-14-15(20)10-18-16(19-14)12-6-7-12/h4-5,8-10,12,20H,2,6-7H2. The highest BCUT2D eigenvalue weighted by atomic mass is 19.1. The summed E-state index contributed by atoms with van der Waals surface area (Å²) in [5.41, 5.74) is 1.29. The van der Waals surface area contributed by atoms with Gasteiger partial charge in [-0.05, 0) is 36.5 Å². The molecule has 0 bridgehead atoms. The molecular weight excluding hydrogens is 255 g/mol. The SMILES string of the molecule is Oc1cnc(C2CC2)nc1C#CCc1ccc(F)cc1. The maximum atomic E-state index is 12.8. The van der Waals surface area contributed by atoms with Gasteiger partial charge in [0.15, 0.2) is 11.4 Å². The maximum absolute atomic E-state index is 12.8. The minimum atomic E-state index is -0.260. The predicted molar refractivity (Wildman–Crippen MR) is 72.7 cm³/mol. The van der Waals surface area contributed by atoms with Crippen LogP contribution >= 0.6 is 0 Å².